The minimum absolute atomic E-state index is 0.190. The molecule has 0 saturated carbocycles. The molecule has 1 N–H and O–H groups in total. The van der Waals surface area contributed by atoms with Crippen LogP contribution < -0.4 is 5.32 Å². The molecular formula is C14H9N5OS2. The molecule has 3 aromatic rings. The molecule has 22 heavy (non-hydrogen) atoms. The van der Waals surface area contributed by atoms with Gasteiger partial charge in [0, 0.05) is 10.9 Å². The van der Waals surface area contributed by atoms with Crippen molar-refractivity contribution in [3.63, 3.8) is 0 Å². The molecule has 0 bridgehead atoms. The minimum atomic E-state index is -0.190. The Hall–Kier alpha value is -2.32. The SMILES string of the molecule is Cc1ccc2c(c1)cc(/C=C1\SC(=S)NC1=O)c1nnnn12. The predicted molar refractivity (Wildman–Crippen MR) is 89.3 cm³/mol. The Labute approximate surface area is 134 Å². The first-order chi connectivity index (χ1) is 10.6. The Bertz CT molecular complexity index is 991. The summed E-state index contributed by atoms with van der Waals surface area (Å²) in [5, 5.41) is 15.5. The highest BCUT2D eigenvalue weighted by Crippen LogP contribution is 2.28. The number of fused-ring (bicyclic) bond motifs is 3. The number of benzene rings is 1. The van der Waals surface area contributed by atoms with Crippen LogP contribution in [-0.2, 0) is 4.79 Å². The lowest BCUT2D eigenvalue weighted by atomic mass is 10.1. The number of pyridine rings is 1. The molecule has 0 aliphatic carbocycles. The van der Waals surface area contributed by atoms with Crippen molar-refractivity contribution < 1.29 is 4.79 Å². The molecule has 8 heteroatoms. The van der Waals surface area contributed by atoms with Crippen molar-refractivity contribution in [1.29, 1.82) is 0 Å². The lowest BCUT2D eigenvalue weighted by Gasteiger charge is -2.04. The van der Waals surface area contributed by atoms with Crippen LogP contribution in [0.4, 0.5) is 0 Å². The fraction of sp³-hybridized carbons (Fsp3) is 0.0714. The van der Waals surface area contributed by atoms with Gasteiger partial charge >= 0.3 is 0 Å². The maximum Gasteiger partial charge on any atom is 0.263 e. The molecule has 1 aromatic carbocycles. The first-order valence-electron chi connectivity index (χ1n) is 6.48. The zero-order chi connectivity index (χ0) is 15.3. The molecule has 1 fully saturated rings. The first-order valence-corrected chi connectivity index (χ1v) is 7.70. The number of thiocarbonyl (C=S) groups is 1. The van der Waals surface area contributed by atoms with Gasteiger partial charge in [-0.1, -0.05) is 35.6 Å². The van der Waals surface area contributed by atoms with Crippen molar-refractivity contribution in [2.45, 2.75) is 6.92 Å². The van der Waals surface area contributed by atoms with Crippen LogP contribution in [0, 0.1) is 6.92 Å². The summed E-state index contributed by atoms with van der Waals surface area (Å²) in [6.07, 6.45) is 1.77. The molecule has 0 atom stereocenters. The lowest BCUT2D eigenvalue weighted by molar-refractivity contribution is -0.115. The van der Waals surface area contributed by atoms with Crippen LogP contribution >= 0.6 is 24.0 Å². The summed E-state index contributed by atoms with van der Waals surface area (Å²) < 4.78 is 2.14. The maximum absolute atomic E-state index is 11.8. The Morgan fingerprint density at radius 2 is 2.23 bits per heavy atom. The highest BCUT2D eigenvalue weighted by Gasteiger charge is 2.22. The fourth-order valence-electron chi connectivity index (χ4n) is 2.41. The average molecular weight is 327 g/mol. The summed E-state index contributed by atoms with van der Waals surface area (Å²) in [7, 11) is 0. The Morgan fingerprint density at radius 1 is 1.36 bits per heavy atom. The van der Waals surface area contributed by atoms with E-state index >= 15 is 0 Å². The molecule has 1 aliphatic rings. The highest BCUT2D eigenvalue weighted by molar-refractivity contribution is 8.26. The number of nitrogens with zero attached hydrogens (tertiary/aromatic N) is 4. The fourth-order valence-corrected chi connectivity index (χ4v) is 3.45. The number of carbonyl (C=O) groups is 1. The number of rotatable bonds is 1. The van der Waals surface area contributed by atoms with E-state index in [0.29, 0.717) is 14.9 Å². The number of aromatic nitrogens is 4. The van der Waals surface area contributed by atoms with E-state index in [0.717, 1.165) is 22.0 Å². The number of nitrogens with one attached hydrogen (secondary N) is 1. The first kappa shape index (κ1) is 13.4. The van der Waals surface area contributed by atoms with Crippen molar-refractivity contribution in [3.05, 3.63) is 40.3 Å². The van der Waals surface area contributed by atoms with Gasteiger partial charge in [-0.15, -0.1) is 5.10 Å². The Kier molecular flexibility index (Phi) is 2.95. The molecule has 0 radical (unpaired) electrons. The number of thioether (sulfide) groups is 1. The molecule has 0 spiro atoms. The van der Waals surface area contributed by atoms with Gasteiger partial charge in [-0.05, 0) is 41.6 Å². The zero-order valence-electron chi connectivity index (χ0n) is 11.4. The second kappa shape index (κ2) is 4.85. The van der Waals surface area contributed by atoms with Gasteiger partial charge in [0.15, 0.2) is 5.65 Å². The van der Waals surface area contributed by atoms with E-state index in [1.807, 2.05) is 25.1 Å². The third kappa shape index (κ3) is 2.08. The van der Waals surface area contributed by atoms with Crippen LogP contribution in [0.25, 0.3) is 22.6 Å². The van der Waals surface area contributed by atoms with E-state index in [-0.39, 0.29) is 5.91 Å². The van der Waals surface area contributed by atoms with Crippen molar-refractivity contribution >= 4 is 56.8 Å². The molecule has 1 aliphatic heterocycles. The van der Waals surface area contributed by atoms with Gasteiger partial charge < -0.3 is 5.32 Å². The summed E-state index contributed by atoms with van der Waals surface area (Å²) in [5.74, 6) is -0.190. The summed E-state index contributed by atoms with van der Waals surface area (Å²) in [6, 6.07) is 8.04. The number of tetrazole rings is 1. The smallest absolute Gasteiger partial charge is 0.263 e. The van der Waals surface area contributed by atoms with Crippen molar-refractivity contribution in [1.82, 2.24) is 25.4 Å². The molecule has 0 unspecified atom stereocenters. The van der Waals surface area contributed by atoms with Gasteiger partial charge in [0.25, 0.3) is 5.91 Å². The number of hydrogen-bond acceptors (Lipinski definition) is 6. The predicted octanol–water partition coefficient (Wildman–Crippen LogP) is 2.07. The van der Waals surface area contributed by atoms with Gasteiger partial charge in [-0.25, -0.2) is 0 Å². The van der Waals surface area contributed by atoms with Gasteiger partial charge in [0.05, 0.1) is 10.4 Å². The Balaban J connectivity index is 2.00. The second-order valence-electron chi connectivity index (χ2n) is 4.93. The number of aryl methyl sites for hydroxylation is 1. The normalized spacial score (nSPS) is 16.9. The van der Waals surface area contributed by atoms with Gasteiger partial charge in [0.1, 0.15) is 4.32 Å². The summed E-state index contributed by atoms with van der Waals surface area (Å²) >= 11 is 6.25. The van der Waals surface area contributed by atoms with E-state index < -0.39 is 0 Å². The van der Waals surface area contributed by atoms with E-state index in [1.165, 1.54) is 11.8 Å². The third-order valence-electron chi connectivity index (χ3n) is 3.38. The van der Waals surface area contributed by atoms with E-state index in [9.17, 15) is 4.79 Å². The molecule has 1 amide bonds. The third-order valence-corrected chi connectivity index (χ3v) is 4.54. The van der Waals surface area contributed by atoms with E-state index in [4.69, 9.17) is 12.2 Å². The van der Waals surface area contributed by atoms with Crippen LogP contribution in [0.5, 0.6) is 0 Å². The van der Waals surface area contributed by atoms with Crippen molar-refractivity contribution in [2.24, 2.45) is 0 Å². The van der Waals surface area contributed by atoms with Gasteiger partial charge in [0.2, 0.25) is 0 Å². The monoisotopic (exact) mass is 327 g/mol. The van der Waals surface area contributed by atoms with E-state index in [2.05, 4.69) is 26.9 Å². The standard InChI is InChI=1S/C14H9N5OS2/c1-7-2-3-10-8(4-7)5-9(12-16-17-18-19(10)12)6-11-13(20)15-14(21)22-11/h2-6H,1H3,(H,15,20,21)/b11-6-. The van der Waals surface area contributed by atoms with E-state index in [1.54, 1.807) is 10.6 Å². The summed E-state index contributed by atoms with van der Waals surface area (Å²) in [6.45, 7) is 2.03. The quantitative estimate of drug-likeness (QED) is 0.545. The summed E-state index contributed by atoms with van der Waals surface area (Å²) in [4.78, 5) is 12.4. The molecule has 2 aromatic heterocycles. The molecule has 3 heterocycles. The van der Waals surface area contributed by atoms with Crippen LogP contribution in [0.15, 0.2) is 29.2 Å². The second-order valence-corrected chi connectivity index (χ2v) is 6.65. The largest absolute Gasteiger partial charge is 0.307 e. The number of carbonyl (C=O) groups excluding carboxylic acids is 1. The Morgan fingerprint density at radius 3 is 3.00 bits per heavy atom. The van der Waals surface area contributed by atoms with Gasteiger partial charge in [-0.2, -0.15) is 4.52 Å². The zero-order valence-corrected chi connectivity index (χ0v) is 13.0. The molecule has 1 saturated heterocycles. The van der Waals surface area contributed by atoms with Crippen molar-refractivity contribution in [3.8, 4) is 0 Å². The number of amides is 1. The maximum atomic E-state index is 11.8. The topological polar surface area (TPSA) is 72.2 Å². The molecule has 108 valence electrons. The van der Waals surface area contributed by atoms with Gasteiger partial charge in [-0.3, -0.25) is 4.79 Å². The highest BCUT2D eigenvalue weighted by atomic mass is 32.2. The average Bonchev–Trinajstić information content (AvgIpc) is 3.06. The van der Waals surface area contributed by atoms with Crippen LogP contribution in [-0.4, -0.2) is 30.3 Å². The van der Waals surface area contributed by atoms with Crippen molar-refractivity contribution in [2.75, 3.05) is 0 Å². The van der Waals surface area contributed by atoms with Crippen LogP contribution in [0.2, 0.25) is 0 Å². The summed E-state index contributed by atoms with van der Waals surface area (Å²) in [5.41, 5.74) is 3.46. The van der Waals surface area contributed by atoms with Crippen LogP contribution in [0.3, 0.4) is 0 Å². The minimum Gasteiger partial charge on any atom is -0.307 e. The lowest BCUT2D eigenvalue weighted by Crippen LogP contribution is -2.17. The molecular weight excluding hydrogens is 318 g/mol. The number of hydrogen-bond donors (Lipinski definition) is 1. The molecule has 6 nitrogen and oxygen atoms in total. The molecule has 4 rings (SSSR count). The van der Waals surface area contributed by atoms with Crippen LogP contribution in [0.1, 0.15) is 11.1 Å².